The Morgan fingerprint density at radius 3 is 1.60 bits per heavy atom. The van der Waals surface area contributed by atoms with Crippen LogP contribution in [0, 0.1) is 5.41 Å². The third-order valence-electron chi connectivity index (χ3n) is 1.31. The van der Waals surface area contributed by atoms with E-state index in [1.807, 2.05) is 20.8 Å². The Balaban J connectivity index is 3.89. The smallest absolute Gasteiger partial charge is 0.207 e. The van der Waals surface area contributed by atoms with Crippen LogP contribution in [0.15, 0.2) is 0 Å². The Kier molecular flexibility index (Phi) is 2.81. The van der Waals surface area contributed by atoms with Crippen LogP contribution in [0.3, 0.4) is 0 Å². The van der Waals surface area contributed by atoms with E-state index >= 15 is 0 Å². The van der Waals surface area contributed by atoms with Crippen LogP contribution in [0.25, 0.3) is 0 Å². The van der Waals surface area contributed by atoms with E-state index in [4.69, 9.17) is 0 Å². The van der Waals surface area contributed by atoms with E-state index in [0.29, 0.717) is 0 Å². The van der Waals surface area contributed by atoms with Gasteiger partial charge in [-0.1, -0.05) is 27.7 Å². The zero-order valence-electron chi connectivity index (χ0n) is 7.17. The molecule has 0 aromatic rings. The SMILES string of the molecule is CCC(F)(F)CC(C)(C)C. The molecule has 0 saturated heterocycles. The molecule has 0 N–H and O–H groups in total. The molecule has 10 heavy (non-hydrogen) atoms. The van der Waals surface area contributed by atoms with Crippen LogP contribution in [0.5, 0.6) is 0 Å². The van der Waals surface area contributed by atoms with Gasteiger partial charge >= 0.3 is 0 Å². The average molecular weight is 150 g/mol. The summed E-state index contributed by atoms with van der Waals surface area (Å²) < 4.78 is 25.3. The average Bonchev–Trinajstić information content (AvgIpc) is 1.60. The van der Waals surface area contributed by atoms with Crippen molar-refractivity contribution in [2.75, 3.05) is 0 Å². The minimum Gasteiger partial charge on any atom is -0.207 e. The van der Waals surface area contributed by atoms with Gasteiger partial charge in [0.25, 0.3) is 0 Å². The summed E-state index contributed by atoms with van der Waals surface area (Å²) in [5.74, 6) is -2.47. The molecule has 0 aliphatic heterocycles. The van der Waals surface area contributed by atoms with Gasteiger partial charge < -0.3 is 0 Å². The van der Waals surface area contributed by atoms with Gasteiger partial charge in [-0.3, -0.25) is 0 Å². The van der Waals surface area contributed by atoms with E-state index in [1.54, 1.807) is 0 Å². The zero-order valence-corrected chi connectivity index (χ0v) is 7.17. The molecule has 0 unspecified atom stereocenters. The van der Waals surface area contributed by atoms with Crippen molar-refractivity contribution in [2.24, 2.45) is 5.41 Å². The van der Waals surface area contributed by atoms with Gasteiger partial charge in [0, 0.05) is 12.8 Å². The number of hydrogen-bond donors (Lipinski definition) is 0. The Morgan fingerprint density at radius 2 is 1.50 bits per heavy atom. The largest absolute Gasteiger partial charge is 0.248 e. The molecule has 0 atom stereocenters. The van der Waals surface area contributed by atoms with Crippen molar-refractivity contribution in [3.05, 3.63) is 0 Å². The monoisotopic (exact) mass is 150 g/mol. The lowest BCUT2D eigenvalue weighted by Gasteiger charge is -2.24. The summed E-state index contributed by atoms with van der Waals surface area (Å²) >= 11 is 0. The summed E-state index contributed by atoms with van der Waals surface area (Å²) in [4.78, 5) is 0. The van der Waals surface area contributed by atoms with Crippen molar-refractivity contribution in [2.45, 2.75) is 46.5 Å². The fraction of sp³-hybridized carbons (Fsp3) is 1.00. The maximum absolute atomic E-state index is 12.6. The van der Waals surface area contributed by atoms with E-state index in [-0.39, 0.29) is 18.3 Å². The standard InChI is InChI=1S/C8H16F2/c1-5-8(9,10)6-7(2,3)4/h5-6H2,1-4H3. The van der Waals surface area contributed by atoms with Gasteiger partial charge in [0.15, 0.2) is 0 Å². The molecule has 0 rings (SSSR count). The Hall–Kier alpha value is -0.140. The molecule has 2 heteroatoms. The lowest BCUT2D eigenvalue weighted by Crippen LogP contribution is -2.22. The van der Waals surface area contributed by atoms with Crippen LogP contribution in [0.2, 0.25) is 0 Å². The van der Waals surface area contributed by atoms with Crippen molar-refractivity contribution in [3.63, 3.8) is 0 Å². The highest BCUT2D eigenvalue weighted by Gasteiger charge is 2.31. The number of halogens is 2. The van der Waals surface area contributed by atoms with E-state index in [0.717, 1.165) is 0 Å². The van der Waals surface area contributed by atoms with Crippen LogP contribution < -0.4 is 0 Å². The highest BCUT2D eigenvalue weighted by Crippen LogP contribution is 2.33. The first-order valence-corrected chi connectivity index (χ1v) is 3.65. The summed E-state index contributed by atoms with van der Waals surface area (Å²) in [7, 11) is 0. The first kappa shape index (κ1) is 9.86. The summed E-state index contributed by atoms with van der Waals surface area (Å²) in [6.45, 7) is 7.01. The third kappa shape index (κ3) is 4.71. The van der Waals surface area contributed by atoms with Gasteiger partial charge in [-0.2, -0.15) is 0 Å². The molecule has 0 nitrogen and oxygen atoms in total. The zero-order chi connectivity index (χ0) is 8.41. The second kappa shape index (κ2) is 2.85. The highest BCUT2D eigenvalue weighted by molar-refractivity contribution is 4.73. The molecule has 0 radical (unpaired) electrons. The van der Waals surface area contributed by atoms with E-state index in [9.17, 15) is 8.78 Å². The quantitative estimate of drug-likeness (QED) is 0.565. The molecule has 0 fully saturated rings. The Labute approximate surface area is 61.6 Å². The molecule has 0 aliphatic rings. The van der Waals surface area contributed by atoms with Gasteiger partial charge in [0.05, 0.1) is 0 Å². The molecule has 0 amide bonds. The van der Waals surface area contributed by atoms with Gasteiger partial charge in [-0.25, -0.2) is 8.78 Å². The molecule has 0 aromatic heterocycles. The van der Waals surface area contributed by atoms with Crippen LogP contribution in [0.1, 0.15) is 40.5 Å². The number of hydrogen-bond acceptors (Lipinski definition) is 0. The second-order valence-corrected chi connectivity index (χ2v) is 3.95. The molecular weight excluding hydrogens is 134 g/mol. The minimum absolute atomic E-state index is 0.0174. The van der Waals surface area contributed by atoms with Crippen molar-refractivity contribution in [1.29, 1.82) is 0 Å². The maximum atomic E-state index is 12.6. The molecule has 0 spiro atoms. The number of alkyl halides is 2. The summed E-state index contributed by atoms with van der Waals surface area (Å²) in [6, 6.07) is 0. The van der Waals surface area contributed by atoms with E-state index in [1.165, 1.54) is 6.92 Å². The van der Waals surface area contributed by atoms with Crippen molar-refractivity contribution < 1.29 is 8.78 Å². The summed E-state index contributed by atoms with van der Waals surface area (Å²) in [6.07, 6.45) is -0.0687. The minimum atomic E-state index is -2.47. The van der Waals surface area contributed by atoms with Crippen LogP contribution >= 0.6 is 0 Å². The van der Waals surface area contributed by atoms with Gasteiger partial charge in [0.2, 0.25) is 5.92 Å². The van der Waals surface area contributed by atoms with E-state index < -0.39 is 5.92 Å². The molecule has 0 bridgehead atoms. The predicted molar refractivity (Wildman–Crippen MR) is 39.3 cm³/mol. The Morgan fingerprint density at radius 1 is 1.10 bits per heavy atom. The molecular formula is C8H16F2. The highest BCUT2D eigenvalue weighted by atomic mass is 19.3. The first-order valence-electron chi connectivity index (χ1n) is 3.65. The molecule has 0 aliphatic carbocycles. The summed E-state index contributed by atoms with van der Waals surface area (Å²) in [5, 5.41) is 0. The summed E-state index contributed by atoms with van der Waals surface area (Å²) in [5.41, 5.74) is -0.264. The fourth-order valence-corrected chi connectivity index (χ4v) is 0.901. The second-order valence-electron chi connectivity index (χ2n) is 3.95. The topological polar surface area (TPSA) is 0 Å². The lowest BCUT2D eigenvalue weighted by molar-refractivity contribution is -0.0386. The van der Waals surface area contributed by atoms with Crippen LogP contribution in [-0.4, -0.2) is 5.92 Å². The van der Waals surface area contributed by atoms with Crippen LogP contribution in [0.4, 0.5) is 8.78 Å². The molecule has 0 aromatic carbocycles. The fourth-order valence-electron chi connectivity index (χ4n) is 0.901. The van der Waals surface area contributed by atoms with Crippen molar-refractivity contribution in [1.82, 2.24) is 0 Å². The van der Waals surface area contributed by atoms with E-state index in [2.05, 4.69) is 0 Å². The van der Waals surface area contributed by atoms with Crippen LogP contribution in [-0.2, 0) is 0 Å². The normalized spacial score (nSPS) is 13.8. The van der Waals surface area contributed by atoms with Gasteiger partial charge in [0.1, 0.15) is 0 Å². The maximum Gasteiger partial charge on any atom is 0.248 e. The third-order valence-corrected chi connectivity index (χ3v) is 1.31. The van der Waals surface area contributed by atoms with Crippen molar-refractivity contribution >= 4 is 0 Å². The molecule has 62 valence electrons. The van der Waals surface area contributed by atoms with Crippen molar-refractivity contribution in [3.8, 4) is 0 Å². The Bertz CT molecular complexity index is 100. The first-order chi connectivity index (χ1) is 4.27. The predicted octanol–water partition coefficient (Wildman–Crippen LogP) is 3.47. The van der Waals surface area contributed by atoms with Gasteiger partial charge in [-0.15, -0.1) is 0 Å². The number of rotatable bonds is 2. The molecule has 0 saturated carbocycles. The molecule has 0 heterocycles. The van der Waals surface area contributed by atoms with Gasteiger partial charge in [-0.05, 0) is 5.41 Å². The lowest BCUT2D eigenvalue weighted by atomic mass is 9.88.